The van der Waals surface area contributed by atoms with E-state index < -0.39 is 11.5 Å². The molecule has 8 rings (SSSR count). The van der Waals surface area contributed by atoms with Crippen molar-refractivity contribution in [2.75, 3.05) is 0 Å². The summed E-state index contributed by atoms with van der Waals surface area (Å²) in [6.07, 6.45) is 4.33. The average Bonchev–Trinajstić information content (AvgIpc) is 3.88. The van der Waals surface area contributed by atoms with E-state index in [0.717, 1.165) is 45.4 Å². The first-order valence-corrected chi connectivity index (χ1v) is 17.5. The van der Waals surface area contributed by atoms with Gasteiger partial charge in [0.2, 0.25) is 0 Å². The van der Waals surface area contributed by atoms with Gasteiger partial charge >= 0.3 is 5.97 Å². The molecular weight excluding hydrogens is 663 g/mol. The second kappa shape index (κ2) is 14.0. The number of hydrogen-bond acceptors (Lipinski definition) is 6. The van der Waals surface area contributed by atoms with E-state index in [1.165, 1.54) is 10.7 Å². The van der Waals surface area contributed by atoms with Crippen LogP contribution in [-0.2, 0) is 18.5 Å². The van der Waals surface area contributed by atoms with Crippen molar-refractivity contribution >= 4 is 11.6 Å². The zero-order chi connectivity index (χ0) is 36.4. The van der Waals surface area contributed by atoms with Crippen LogP contribution in [0.4, 0.5) is 0 Å². The summed E-state index contributed by atoms with van der Waals surface area (Å²) in [5, 5.41) is 27.7. The van der Waals surface area contributed by atoms with Crippen LogP contribution in [0.5, 0.6) is 0 Å². The molecule has 5 aromatic carbocycles. The number of carboxylic acids is 1. The number of aryl methyl sites for hydroxylation is 1. The summed E-state index contributed by atoms with van der Waals surface area (Å²) in [5.41, 5.74) is 6.33. The molecule has 0 saturated carbocycles. The van der Waals surface area contributed by atoms with Gasteiger partial charge in [-0.25, -0.2) is 9.48 Å². The molecule has 0 saturated heterocycles. The normalized spacial score (nSPS) is 11.6. The Labute approximate surface area is 305 Å². The highest BCUT2D eigenvalue weighted by Gasteiger charge is 2.42. The molecule has 3 aromatic heterocycles. The Morgan fingerprint density at radius 1 is 0.736 bits per heavy atom. The molecule has 0 unspecified atom stereocenters. The predicted molar refractivity (Wildman–Crippen MR) is 203 cm³/mol. The fraction of sp³-hybridized carbons (Fsp3) is 0.116. The number of carboxylic acid groups (broad SMARTS) is 1. The lowest BCUT2D eigenvalue weighted by Gasteiger charge is -2.36. The Hall–Kier alpha value is -6.94. The minimum Gasteiger partial charge on any atom is -0.477 e. The maximum atomic E-state index is 13.1. The molecule has 8 aromatic rings. The second-order valence-electron chi connectivity index (χ2n) is 12.9. The fourth-order valence-corrected chi connectivity index (χ4v) is 7.32. The molecule has 0 aliphatic heterocycles. The number of aromatic nitrogens is 7. The number of tetrazole rings is 1. The maximum absolute atomic E-state index is 13.1. The van der Waals surface area contributed by atoms with Crippen molar-refractivity contribution < 1.29 is 9.90 Å². The Bertz CT molecular complexity index is 2500. The third-order valence-electron chi connectivity index (χ3n) is 9.69. The van der Waals surface area contributed by atoms with Crippen LogP contribution in [-0.4, -0.2) is 45.5 Å². The Kier molecular flexibility index (Phi) is 8.77. The molecule has 0 bridgehead atoms. The molecule has 0 aliphatic carbocycles. The van der Waals surface area contributed by atoms with Gasteiger partial charge in [0, 0.05) is 23.9 Å². The van der Waals surface area contributed by atoms with Crippen LogP contribution in [0, 0.1) is 0 Å². The van der Waals surface area contributed by atoms with Gasteiger partial charge in [0.25, 0.3) is 5.56 Å². The molecular formula is C43H35N7O3. The van der Waals surface area contributed by atoms with E-state index in [4.69, 9.17) is 5.21 Å². The van der Waals surface area contributed by atoms with Crippen molar-refractivity contribution in [3.05, 3.63) is 196 Å². The fourth-order valence-electron chi connectivity index (χ4n) is 7.32. The van der Waals surface area contributed by atoms with E-state index in [9.17, 15) is 14.7 Å². The lowest BCUT2D eigenvalue weighted by Crippen LogP contribution is -2.39. The summed E-state index contributed by atoms with van der Waals surface area (Å²) in [6, 6.07) is 47.1. The quantitative estimate of drug-likeness (QED) is 0.140. The molecule has 0 atom stereocenters. The van der Waals surface area contributed by atoms with Crippen molar-refractivity contribution in [1.82, 2.24) is 34.4 Å². The minimum absolute atomic E-state index is 0.0222. The van der Waals surface area contributed by atoms with Crippen LogP contribution in [0.2, 0.25) is 0 Å². The number of nitrogens with zero attached hydrogens (tertiary/aromatic N) is 7. The Morgan fingerprint density at radius 2 is 1.30 bits per heavy atom. The largest absolute Gasteiger partial charge is 0.477 e. The molecule has 53 heavy (non-hydrogen) atoms. The van der Waals surface area contributed by atoms with Crippen molar-refractivity contribution in [3.8, 4) is 22.5 Å². The van der Waals surface area contributed by atoms with Gasteiger partial charge in [-0.05, 0) is 50.2 Å². The van der Waals surface area contributed by atoms with Gasteiger partial charge in [-0.3, -0.25) is 4.79 Å². The lowest BCUT2D eigenvalue weighted by molar-refractivity contribution is 0.0698. The van der Waals surface area contributed by atoms with Gasteiger partial charge < -0.3 is 9.67 Å². The highest BCUT2D eigenvalue weighted by molar-refractivity contribution is 5.94. The number of hydrogen-bond donors (Lipinski definition) is 1. The van der Waals surface area contributed by atoms with Crippen LogP contribution in [0.25, 0.3) is 28.2 Å². The molecule has 10 nitrogen and oxygen atoms in total. The monoisotopic (exact) mass is 697 g/mol. The zero-order valence-electron chi connectivity index (χ0n) is 28.9. The minimum atomic E-state index is -1.14. The van der Waals surface area contributed by atoms with E-state index >= 15 is 0 Å². The summed E-state index contributed by atoms with van der Waals surface area (Å²) in [7, 11) is 0. The first kappa shape index (κ1) is 33.2. The molecule has 0 amide bonds. The first-order valence-electron chi connectivity index (χ1n) is 17.5. The van der Waals surface area contributed by atoms with E-state index in [0.29, 0.717) is 24.4 Å². The van der Waals surface area contributed by atoms with Crippen LogP contribution in [0.1, 0.15) is 51.5 Å². The van der Waals surface area contributed by atoms with Gasteiger partial charge in [0.05, 0.1) is 6.20 Å². The second-order valence-corrected chi connectivity index (χ2v) is 12.9. The van der Waals surface area contributed by atoms with Gasteiger partial charge in [0.15, 0.2) is 11.5 Å². The van der Waals surface area contributed by atoms with E-state index in [-0.39, 0.29) is 16.8 Å². The van der Waals surface area contributed by atoms with Crippen LogP contribution < -0.4 is 5.56 Å². The third-order valence-corrected chi connectivity index (χ3v) is 9.69. The van der Waals surface area contributed by atoms with Crippen molar-refractivity contribution in [3.63, 3.8) is 0 Å². The van der Waals surface area contributed by atoms with E-state index in [1.807, 2.05) is 109 Å². The molecule has 0 fully saturated rings. The highest BCUT2D eigenvalue weighted by Crippen LogP contribution is 2.43. The summed E-state index contributed by atoms with van der Waals surface area (Å²) in [5.74, 6) is -0.538. The molecule has 1 N–H and O–H groups in total. The predicted octanol–water partition coefficient (Wildman–Crippen LogP) is 7.36. The van der Waals surface area contributed by atoms with Crippen molar-refractivity contribution in [1.29, 1.82) is 0 Å². The number of aromatic carboxylic acids is 1. The molecule has 260 valence electrons. The van der Waals surface area contributed by atoms with Crippen molar-refractivity contribution in [2.24, 2.45) is 0 Å². The lowest BCUT2D eigenvalue weighted by atomic mass is 9.77. The maximum Gasteiger partial charge on any atom is 0.341 e. The highest BCUT2D eigenvalue weighted by atomic mass is 16.4. The van der Waals surface area contributed by atoms with E-state index in [1.54, 1.807) is 10.8 Å². The number of rotatable bonds is 11. The van der Waals surface area contributed by atoms with Gasteiger partial charge in [0.1, 0.15) is 11.1 Å². The zero-order valence-corrected chi connectivity index (χ0v) is 28.9. The Morgan fingerprint density at radius 3 is 1.87 bits per heavy atom. The summed E-state index contributed by atoms with van der Waals surface area (Å²) < 4.78 is 4.93. The summed E-state index contributed by atoms with van der Waals surface area (Å²) in [4.78, 5) is 25.2. The number of carbonyl (C=O) groups is 1. The summed E-state index contributed by atoms with van der Waals surface area (Å²) >= 11 is 0. The molecule has 0 spiro atoms. The van der Waals surface area contributed by atoms with Crippen molar-refractivity contribution in [2.45, 2.75) is 31.8 Å². The third kappa shape index (κ3) is 5.80. The SMILES string of the molecule is CCCc1cn(Cc2ccc(-c3ccccc3-c3nnnn3C(c3ccccc3)(c3ccccc3)c3ccccc3)cc2)c2c(C(=O)O)cnn2c1=O. The number of benzene rings is 5. The Balaban J connectivity index is 1.24. The number of fused-ring (bicyclic) bond motifs is 1. The van der Waals surface area contributed by atoms with E-state index in [2.05, 4.69) is 57.9 Å². The van der Waals surface area contributed by atoms with Crippen LogP contribution in [0.15, 0.2) is 157 Å². The smallest absolute Gasteiger partial charge is 0.341 e. The van der Waals surface area contributed by atoms with Crippen LogP contribution >= 0.6 is 0 Å². The van der Waals surface area contributed by atoms with Gasteiger partial charge in [-0.15, -0.1) is 5.10 Å². The van der Waals surface area contributed by atoms with Gasteiger partial charge in [-0.1, -0.05) is 153 Å². The standard InChI is InChI=1S/C43H35N7O3/c1-2-14-32-29-48(40-38(42(52)53)27-44-49(40)41(32)51)28-30-23-25-31(26-24-30)36-21-12-13-22-37(36)39-45-46-47-50(39)43(33-15-6-3-7-16-33,34-17-8-4-9-18-34)35-19-10-5-11-20-35/h3-13,15-27,29H,2,14,28H2,1H3,(H,52,53). The molecule has 0 aliphatic rings. The molecule has 3 heterocycles. The van der Waals surface area contributed by atoms with Gasteiger partial charge in [-0.2, -0.15) is 9.61 Å². The molecule has 0 radical (unpaired) electrons. The first-order chi connectivity index (χ1) is 26.0. The van der Waals surface area contributed by atoms with Crippen LogP contribution in [0.3, 0.4) is 0 Å². The topological polar surface area (TPSA) is 120 Å². The summed E-state index contributed by atoms with van der Waals surface area (Å²) in [6.45, 7) is 2.35. The average molecular weight is 698 g/mol. The molecule has 10 heteroatoms.